The summed E-state index contributed by atoms with van der Waals surface area (Å²) < 4.78 is 6.08. The first kappa shape index (κ1) is 10.4. The van der Waals surface area contributed by atoms with E-state index in [4.69, 9.17) is 0 Å². The van der Waals surface area contributed by atoms with Crippen LogP contribution in [0.3, 0.4) is 0 Å². The molecule has 0 saturated carbocycles. The van der Waals surface area contributed by atoms with Crippen LogP contribution in [0.25, 0.3) is 0 Å². The summed E-state index contributed by atoms with van der Waals surface area (Å²) in [5.74, 6) is -0.479. The van der Waals surface area contributed by atoms with Gasteiger partial charge in [0.2, 0.25) is 0 Å². The Morgan fingerprint density at radius 2 is 2.21 bits per heavy atom. The maximum Gasteiger partial charge on any atom is 0.341 e. The minimum Gasteiger partial charge on any atom is -0.465 e. The minimum atomic E-state index is -0.464. The third-order valence-corrected chi connectivity index (χ3v) is 1.88. The number of rotatable bonds is 3. The molecule has 0 fully saturated rings. The second-order valence-corrected chi connectivity index (χ2v) is 3.00. The van der Waals surface area contributed by atoms with Crippen LogP contribution in [0.1, 0.15) is 23.0 Å². The van der Waals surface area contributed by atoms with Crippen molar-refractivity contribution in [1.82, 2.24) is 9.78 Å². The lowest BCUT2D eigenvalue weighted by Crippen LogP contribution is -2.10. The normalized spacial score (nSPS) is 9.93. The van der Waals surface area contributed by atoms with E-state index in [2.05, 4.69) is 9.84 Å². The molecule has 0 aliphatic rings. The first-order valence-electron chi connectivity index (χ1n) is 4.15. The summed E-state index contributed by atoms with van der Waals surface area (Å²) in [5.41, 5.74) is 0.939. The second kappa shape index (κ2) is 4.04. The van der Waals surface area contributed by atoms with E-state index in [0.717, 1.165) is 0 Å². The third kappa shape index (κ3) is 1.99. The second-order valence-electron chi connectivity index (χ2n) is 3.00. The van der Waals surface area contributed by atoms with E-state index in [0.29, 0.717) is 11.3 Å². The van der Waals surface area contributed by atoms with Gasteiger partial charge in [0.05, 0.1) is 19.0 Å². The number of hydrogen-bond donors (Lipinski definition) is 0. The van der Waals surface area contributed by atoms with E-state index in [-0.39, 0.29) is 12.2 Å². The van der Waals surface area contributed by atoms with Crippen LogP contribution in [0.15, 0.2) is 6.20 Å². The lowest BCUT2D eigenvalue weighted by Gasteiger charge is -2.01. The summed E-state index contributed by atoms with van der Waals surface area (Å²) >= 11 is 0. The first-order valence-corrected chi connectivity index (χ1v) is 4.15. The molecule has 0 amide bonds. The molecule has 0 saturated heterocycles. The molecule has 5 nitrogen and oxygen atoms in total. The van der Waals surface area contributed by atoms with E-state index in [1.165, 1.54) is 24.9 Å². The van der Waals surface area contributed by atoms with Crippen LogP contribution in [0.4, 0.5) is 0 Å². The number of carbonyl (C=O) groups excluding carboxylic acids is 2. The summed E-state index contributed by atoms with van der Waals surface area (Å²) in [6.45, 7) is 1.47. The Kier molecular flexibility index (Phi) is 3.01. The highest BCUT2D eigenvalue weighted by atomic mass is 16.5. The molecule has 0 aliphatic heterocycles. The van der Waals surface area contributed by atoms with Crippen molar-refractivity contribution in [2.45, 2.75) is 13.3 Å². The van der Waals surface area contributed by atoms with Gasteiger partial charge in [-0.15, -0.1) is 0 Å². The van der Waals surface area contributed by atoms with E-state index in [1.807, 2.05) is 0 Å². The maximum atomic E-state index is 11.2. The Bertz CT molecular complexity index is 368. The molecule has 0 bridgehead atoms. The lowest BCUT2D eigenvalue weighted by molar-refractivity contribution is -0.116. The Morgan fingerprint density at radius 1 is 1.57 bits per heavy atom. The number of methoxy groups -OCH3 is 1. The zero-order chi connectivity index (χ0) is 10.7. The van der Waals surface area contributed by atoms with Crippen LogP contribution >= 0.6 is 0 Å². The number of carbonyl (C=O) groups is 2. The van der Waals surface area contributed by atoms with Gasteiger partial charge in [-0.25, -0.2) is 4.79 Å². The maximum absolute atomic E-state index is 11.2. The molecule has 0 spiro atoms. The molecule has 0 aromatic carbocycles. The molecule has 1 aromatic heterocycles. The molecular weight excluding hydrogens is 184 g/mol. The van der Waals surface area contributed by atoms with Crippen LogP contribution < -0.4 is 0 Å². The van der Waals surface area contributed by atoms with Gasteiger partial charge in [-0.1, -0.05) is 0 Å². The number of ketones is 1. The largest absolute Gasteiger partial charge is 0.465 e. The van der Waals surface area contributed by atoms with Crippen LogP contribution in [-0.2, 0) is 23.0 Å². The predicted molar refractivity (Wildman–Crippen MR) is 48.9 cm³/mol. The van der Waals surface area contributed by atoms with Crippen molar-refractivity contribution < 1.29 is 14.3 Å². The average Bonchev–Trinajstić information content (AvgIpc) is 2.46. The van der Waals surface area contributed by atoms with Gasteiger partial charge in [-0.3, -0.25) is 9.48 Å². The van der Waals surface area contributed by atoms with E-state index in [1.54, 1.807) is 7.05 Å². The quantitative estimate of drug-likeness (QED) is 0.654. The summed E-state index contributed by atoms with van der Waals surface area (Å²) in [7, 11) is 2.98. The summed E-state index contributed by atoms with van der Waals surface area (Å²) in [4.78, 5) is 22.2. The van der Waals surface area contributed by atoms with Crippen LogP contribution in [0.2, 0.25) is 0 Å². The third-order valence-electron chi connectivity index (χ3n) is 1.88. The molecule has 0 radical (unpaired) electrons. The zero-order valence-corrected chi connectivity index (χ0v) is 8.40. The minimum absolute atomic E-state index is 0.0150. The molecule has 0 aliphatic carbocycles. The van der Waals surface area contributed by atoms with Gasteiger partial charge >= 0.3 is 5.97 Å². The summed E-state index contributed by atoms with van der Waals surface area (Å²) in [6.07, 6.45) is 1.60. The van der Waals surface area contributed by atoms with Gasteiger partial charge in [-0.2, -0.15) is 5.10 Å². The van der Waals surface area contributed by atoms with Gasteiger partial charge in [-0.05, 0) is 6.92 Å². The number of aromatic nitrogens is 2. The standard InChI is InChI=1S/C9H12N2O3/c1-6(12)4-8-7(9(13)14-3)5-10-11(8)2/h5H,4H2,1-3H3. The van der Waals surface area contributed by atoms with Gasteiger partial charge in [0.25, 0.3) is 0 Å². The van der Waals surface area contributed by atoms with Gasteiger partial charge in [0.1, 0.15) is 11.3 Å². The van der Waals surface area contributed by atoms with Crippen LogP contribution in [0.5, 0.6) is 0 Å². The highest BCUT2D eigenvalue weighted by molar-refractivity contribution is 5.92. The average molecular weight is 196 g/mol. The molecule has 0 N–H and O–H groups in total. The van der Waals surface area contributed by atoms with Crippen molar-refractivity contribution in [2.75, 3.05) is 7.11 Å². The molecule has 0 atom stereocenters. The SMILES string of the molecule is COC(=O)c1cnn(C)c1CC(C)=O. The number of Topliss-reactive ketones (excluding diaryl/α,β-unsaturated/α-hetero) is 1. The monoisotopic (exact) mass is 196 g/mol. The lowest BCUT2D eigenvalue weighted by atomic mass is 10.1. The summed E-state index contributed by atoms with van der Waals surface area (Å²) in [6, 6.07) is 0. The van der Waals surface area contributed by atoms with Crippen molar-refractivity contribution in [3.05, 3.63) is 17.5 Å². The van der Waals surface area contributed by atoms with Gasteiger partial charge < -0.3 is 4.74 Å². The molecule has 76 valence electrons. The molecule has 1 heterocycles. The molecule has 1 rings (SSSR count). The molecule has 0 unspecified atom stereocenters. The van der Waals surface area contributed by atoms with Crippen molar-refractivity contribution >= 4 is 11.8 Å². The number of aryl methyl sites for hydroxylation is 1. The first-order chi connectivity index (χ1) is 6.56. The molecule has 14 heavy (non-hydrogen) atoms. The highest BCUT2D eigenvalue weighted by Crippen LogP contribution is 2.09. The topological polar surface area (TPSA) is 61.2 Å². The number of nitrogens with zero attached hydrogens (tertiary/aromatic N) is 2. The zero-order valence-electron chi connectivity index (χ0n) is 8.40. The van der Waals surface area contributed by atoms with Crippen LogP contribution in [0, 0.1) is 0 Å². The van der Waals surface area contributed by atoms with Crippen molar-refractivity contribution in [3.63, 3.8) is 0 Å². The molecule has 5 heteroatoms. The van der Waals surface area contributed by atoms with Crippen LogP contribution in [-0.4, -0.2) is 28.6 Å². The predicted octanol–water partition coefficient (Wildman–Crippen LogP) is 0.338. The Labute approximate surface area is 81.7 Å². The fraction of sp³-hybridized carbons (Fsp3) is 0.444. The van der Waals surface area contributed by atoms with Crippen molar-refractivity contribution in [2.24, 2.45) is 7.05 Å². The fourth-order valence-electron chi connectivity index (χ4n) is 1.19. The van der Waals surface area contributed by atoms with E-state index in [9.17, 15) is 9.59 Å². The number of ether oxygens (including phenoxy) is 1. The van der Waals surface area contributed by atoms with Crippen molar-refractivity contribution in [3.8, 4) is 0 Å². The van der Waals surface area contributed by atoms with Gasteiger partial charge in [0.15, 0.2) is 0 Å². The summed E-state index contributed by atoms with van der Waals surface area (Å²) in [5, 5.41) is 3.90. The smallest absolute Gasteiger partial charge is 0.341 e. The molecular formula is C9H12N2O3. The van der Waals surface area contributed by atoms with Crippen molar-refractivity contribution in [1.29, 1.82) is 0 Å². The van der Waals surface area contributed by atoms with Gasteiger partial charge in [0, 0.05) is 13.5 Å². The number of esters is 1. The Hall–Kier alpha value is -1.65. The Morgan fingerprint density at radius 3 is 2.71 bits per heavy atom. The Balaban J connectivity index is 3.05. The van der Waals surface area contributed by atoms with E-state index >= 15 is 0 Å². The fourth-order valence-corrected chi connectivity index (χ4v) is 1.19. The highest BCUT2D eigenvalue weighted by Gasteiger charge is 2.17. The van der Waals surface area contributed by atoms with E-state index < -0.39 is 5.97 Å². The number of hydrogen-bond acceptors (Lipinski definition) is 4. The molecule has 1 aromatic rings.